The van der Waals surface area contributed by atoms with Crippen LogP contribution in [0.3, 0.4) is 0 Å². The molecule has 1 amide bonds. The second-order valence-corrected chi connectivity index (χ2v) is 7.59. The van der Waals surface area contributed by atoms with Crippen LogP contribution >= 0.6 is 0 Å². The maximum atomic E-state index is 13.2. The van der Waals surface area contributed by atoms with Gasteiger partial charge in [0.1, 0.15) is 5.82 Å². The molecule has 1 heterocycles. The van der Waals surface area contributed by atoms with Gasteiger partial charge < -0.3 is 4.90 Å². The first-order chi connectivity index (χ1) is 10.3. The Balaban J connectivity index is 2.00. The second-order valence-electron chi connectivity index (χ2n) is 5.82. The summed E-state index contributed by atoms with van der Waals surface area (Å²) in [4.78, 5) is 13.7. The highest BCUT2D eigenvalue weighted by Gasteiger charge is 2.23. The van der Waals surface area contributed by atoms with Crippen LogP contribution in [0, 0.1) is 18.7 Å². The van der Waals surface area contributed by atoms with Gasteiger partial charge in [-0.25, -0.2) is 17.5 Å². The predicted molar refractivity (Wildman–Crippen MR) is 81.3 cm³/mol. The third-order valence-electron chi connectivity index (χ3n) is 3.86. The van der Waals surface area contributed by atoms with Gasteiger partial charge in [-0.2, -0.15) is 0 Å². The van der Waals surface area contributed by atoms with Gasteiger partial charge in [-0.3, -0.25) is 4.79 Å². The van der Waals surface area contributed by atoms with Crippen LogP contribution in [0.1, 0.15) is 25.3 Å². The van der Waals surface area contributed by atoms with E-state index in [0.29, 0.717) is 19.0 Å². The van der Waals surface area contributed by atoms with Crippen molar-refractivity contribution in [2.45, 2.75) is 31.6 Å². The molecule has 1 aliphatic heterocycles. The van der Waals surface area contributed by atoms with Crippen LogP contribution in [-0.4, -0.2) is 38.9 Å². The number of nitrogens with one attached hydrogen (secondary N) is 1. The number of hydrogen-bond acceptors (Lipinski definition) is 3. The zero-order valence-electron chi connectivity index (χ0n) is 12.8. The van der Waals surface area contributed by atoms with E-state index in [1.165, 1.54) is 19.1 Å². The lowest BCUT2D eigenvalue weighted by atomic mass is 10.0. The van der Waals surface area contributed by atoms with E-state index in [-0.39, 0.29) is 22.9 Å². The number of likely N-dealkylation sites (tertiary alicyclic amines) is 1. The fraction of sp³-hybridized carbons (Fsp3) is 0.533. The number of rotatable bonds is 4. The van der Waals surface area contributed by atoms with Crippen molar-refractivity contribution in [2.24, 2.45) is 5.92 Å². The Labute approximate surface area is 130 Å². The van der Waals surface area contributed by atoms with Gasteiger partial charge in [0.2, 0.25) is 15.9 Å². The van der Waals surface area contributed by atoms with Crippen LogP contribution in [-0.2, 0) is 14.8 Å². The molecule has 1 aliphatic rings. The van der Waals surface area contributed by atoms with Crippen LogP contribution in [0.4, 0.5) is 4.39 Å². The van der Waals surface area contributed by atoms with Crippen LogP contribution in [0.25, 0.3) is 0 Å². The van der Waals surface area contributed by atoms with E-state index >= 15 is 0 Å². The molecule has 1 saturated heterocycles. The van der Waals surface area contributed by atoms with Crippen molar-refractivity contribution >= 4 is 15.9 Å². The number of hydrogen-bond donors (Lipinski definition) is 1. The summed E-state index contributed by atoms with van der Waals surface area (Å²) in [6.07, 6.45) is 2.03. The highest BCUT2D eigenvalue weighted by Crippen LogP contribution is 2.16. The first-order valence-electron chi connectivity index (χ1n) is 7.33. The van der Waals surface area contributed by atoms with Crippen molar-refractivity contribution in [3.8, 4) is 0 Å². The molecular formula is C15H21FN2O3S. The molecule has 1 atom stereocenters. The van der Waals surface area contributed by atoms with Crippen molar-refractivity contribution in [3.63, 3.8) is 0 Å². The number of carbonyl (C=O) groups is 1. The maximum Gasteiger partial charge on any atom is 0.241 e. The van der Waals surface area contributed by atoms with Gasteiger partial charge in [0.25, 0.3) is 0 Å². The van der Waals surface area contributed by atoms with Gasteiger partial charge in [0, 0.05) is 13.1 Å². The zero-order chi connectivity index (χ0) is 16.3. The van der Waals surface area contributed by atoms with Crippen LogP contribution < -0.4 is 4.72 Å². The summed E-state index contributed by atoms with van der Waals surface area (Å²) in [6, 6.07) is 3.56. The molecule has 1 aromatic carbocycles. The third-order valence-corrected chi connectivity index (χ3v) is 5.26. The summed E-state index contributed by atoms with van der Waals surface area (Å²) in [5.41, 5.74) is 0.249. The topological polar surface area (TPSA) is 66.5 Å². The average molecular weight is 328 g/mol. The summed E-state index contributed by atoms with van der Waals surface area (Å²) in [5, 5.41) is 0. The summed E-state index contributed by atoms with van der Waals surface area (Å²) >= 11 is 0. The lowest BCUT2D eigenvalue weighted by Crippen LogP contribution is -2.44. The Morgan fingerprint density at radius 2 is 2.18 bits per heavy atom. The van der Waals surface area contributed by atoms with E-state index < -0.39 is 15.8 Å². The normalized spacial score (nSPS) is 19.2. The Kier molecular flexibility index (Phi) is 5.18. The predicted octanol–water partition coefficient (Wildman–Crippen LogP) is 1.67. The molecule has 0 spiro atoms. The molecule has 7 heteroatoms. The number of halogens is 1. The van der Waals surface area contributed by atoms with Gasteiger partial charge in [0.15, 0.2) is 0 Å². The zero-order valence-corrected chi connectivity index (χ0v) is 13.6. The standard InChI is InChI=1S/C15H21FN2O3S/c1-11-4-3-7-18(10-11)15(19)9-17-22(20,21)13-5-6-14(16)12(2)8-13/h5-6,8,11,17H,3-4,7,9-10H2,1-2H3. The Morgan fingerprint density at radius 3 is 2.82 bits per heavy atom. The number of nitrogens with zero attached hydrogens (tertiary/aromatic N) is 1. The number of carbonyl (C=O) groups excluding carboxylic acids is 1. The monoisotopic (exact) mass is 328 g/mol. The SMILES string of the molecule is Cc1cc(S(=O)(=O)NCC(=O)N2CCCC(C)C2)ccc1F. The molecule has 0 aliphatic carbocycles. The summed E-state index contributed by atoms with van der Waals surface area (Å²) < 4.78 is 39.8. The van der Waals surface area contributed by atoms with Crippen molar-refractivity contribution < 1.29 is 17.6 Å². The van der Waals surface area contributed by atoms with Gasteiger partial charge in [0.05, 0.1) is 11.4 Å². The molecule has 0 aromatic heterocycles. The number of sulfonamides is 1. The molecule has 1 fully saturated rings. The van der Waals surface area contributed by atoms with Gasteiger partial charge in [-0.05, 0) is 49.4 Å². The molecule has 0 bridgehead atoms. The van der Waals surface area contributed by atoms with Gasteiger partial charge in [-0.15, -0.1) is 0 Å². The summed E-state index contributed by atoms with van der Waals surface area (Å²) in [5.74, 6) is -0.250. The first kappa shape index (κ1) is 16.9. The molecule has 0 radical (unpaired) electrons. The molecular weight excluding hydrogens is 307 g/mol. The highest BCUT2D eigenvalue weighted by molar-refractivity contribution is 7.89. The van der Waals surface area contributed by atoms with Crippen molar-refractivity contribution in [1.82, 2.24) is 9.62 Å². The minimum Gasteiger partial charge on any atom is -0.341 e. The van der Waals surface area contributed by atoms with E-state index in [1.807, 2.05) is 0 Å². The quantitative estimate of drug-likeness (QED) is 0.914. The second kappa shape index (κ2) is 6.75. The Morgan fingerprint density at radius 1 is 1.45 bits per heavy atom. The van der Waals surface area contributed by atoms with Gasteiger partial charge in [-0.1, -0.05) is 6.92 Å². The molecule has 1 N–H and O–H groups in total. The van der Waals surface area contributed by atoms with Crippen molar-refractivity contribution in [3.05, 3.63) is 29.6 Å². The maximum absolute atomic E-state index is 13.2. The highest BCUT2D eigenvalue weighted by atomic mass is 32.2. The smallest absolute Gasteiger partial charge is 0.241 e. The summed E-state index contributed by atoms with van der Waals surface area (Å²) in [6.45, 7) is 4.63. The molecule has 1 aromatic rings. The third kappa shape index (κ3) is 4.04. The van der Waals surface area contributed by atoms with Crippen LogP contribution in [0.15, 0.2) is 23.1 Å². The fourth-order valence-electron chi connectivity index (χ4n) is 2.55. The Hall–Kier alpha value is -1.47. The lowest BCUT2D eigenvalue weighted by molar-refractivity contribution is -0.131. The molecule has 122 valence electrons. The first-order valence-corrected chi connectivity index (χ1v) is 8.81. The minimum atomic E-state index is -3.81. The number of benzene rings is 1. The van der Waals surface area contributed by atoms with E-state index in [1.54, 1.807) is 4.90 Å². The van der Waals surface area contributed by atoms with E-state index in [4.69, 9.17) is 0 Å². The molecule has 1 unspecified atom stereocenters. The summed E-state index contributed by atoms with van der Waals surface area (Å²) in [7, 11) is -3.81. The van der Waals surface area contributed by atoms with Crippen LogP contribution in [0.5, 0.6) is 0 Å². The molecule has 0 saturated carbocycles. The fourth-order valence-corrected chi connectivity index (χ4v) is 3.61. The largest absolute Gasteiger partial charge is 0.341 e. The molecule has 5 nitrogen and oxygen atoms in total. The minimum absolute atomic E-state index is 0.0359. The van der Waals surface area contributed by atoms with Crippen LogP contribution in [0.2, 0.25) is 0 Å². The number of amides is 1. The van der Waals surface area contributed by atoms with E-state index in [9.17, 15) is 17.6 Å². The Bertz CT molecular complexity index is 661. The van der Waals surface area contributed by atoms with Crippen molar-refractivity contribution in [2.75, 3.05) is 19.6 Å². The molecule has 22 heavy (non-hydrogen) atoms. The number of piperidine rings is 1. The average Bonchev–Trinajstić information content (AvgIpc) is 2.47. The van der Waals surface area contributed by atoms with E-state index in [0.717, 1.165) is 18.9 Å². The van der Waals surface area contributed by atoms with Gasteiger partial charge >= 0.3 is 0 Å². The van der Waals surface area contributed by atoms with Crippen molar-refractivity contribution in [1.29, 1.82) is 0 Å². The van der Waals surface area contributed by atoms with E-state index in [2.05, 4.69) is 11.6 Å². The lowest BCUT2D eigenvalue weighted by Gasteiger charge is -2.31. The molecule has 2 rings (SSSR count). The number of aryl methyl sites for hydroxylation is 1.